The van der Waals surface area contributed by atoms with Crippen LogP contribution in [-0.4, -0.2) is 25.3 Å². The Morgan fingerprint density at radius 3 is 1.90 bits per heavy atom. The lowest BCUT2D eigenvalue weighted by Gasteiger charge is -2.18. The predicted molar refractivity (Wildman–Crippen MR) is 159 cm³/mol. The predicted octanol–water partition coefficient (Wildman–Crippen LogP) is 10.1. The van der Waals surface area contributed by atoms with Crippen LogP contribution in [0, 0.1) is 0 Å². The third-order valence-corrected chi connectivity index (χ3v) is 6.47. The Bertz CT molecular complexity index is 941. The molecule has 0 N–H and O–H groups in total. The second kappa shape index (κ2) is 20.8. The first kappa shape index (κ1) is 32.1. The number of esters is 1. The van der Waals surface area contributed by atoms with Gasteiger partial charge in [-0.3, -0.25) is 0 Å². The molecule has 214 valence electrons. The lowest BCUT2D eigenvalue weighted by atomic mass is 10.1. The Morgan fingerprint density at radius 2 is 1.28 bits per heavy atom. The van der Waals surface area contributed by atoms with Gasteiger partial charge in [-0.1, -0.05) is 65.4 Å². The van der Waals surface area contributed by atoms with Crippen molar-refractivity contribution in [2.24, 2.45) is 10.2 Å². The molecular formula is C33H48N2O4. The standard InChI is InChI=1S/C33H48N2O4/c1-4-7-8-9-10-11-14-26-37-30-22-18-28(19-23-30)34-35-29-20-24-32(25-21-29)39-31(16-5-2)17-13-12-15-27-38-33(36)6-3/h6,18-25,31H,3-5,7-17,26-27H2,1-2H3. The molecule has 0 saturated carbocycles. The average Bonchev–Trinajstić information content (AvgIpc) is 2.96. The summed E-state index contributed by atoms with van der Waals surface area (Å²) in [6, 6.07) is 15.5. The van der Waals surface area contributed by atoms with Crippen molar-refractivity contribution in [3.05, 3.63) is 61.2 Å². The van der Waals surface area contributed by atoms with Gasteiger partial charge in [-0.15, -0.1) is 0 Å². The molecule has 6 heteroatoms. The van der Waals surface area contributed by atoms with Crippen molar-refractivity contribution in [3.8, 4) is 11.5 Å². The van der Waals surface area contributed by atoms with Crippen molar-refractivity contribution in [2.45, 2.75) is 103 Å². The summed E-state index contributed by atoms with van der Waals surface area (Å²) >= 11 is 0. The Morgan fingerprint density at radius 1 is 0.718 bits per heavy atom. The monoisotopic (exact) mass is 536 g/mol. The summed E-state index contributed by atoms with van der Waals surface area (Å²) in [6.07, 6.45) is 16.3. The number of nitrogens with zero attached hydrogens (tertiary/aromatic N) is 2. The highest BCUT2D eigenvalue weighted by molar-refractivity contribution is 5.81. The summed E-state index contributed by atoms with van der Waals surface area (Å²) in [4.78, 5) is 11.1. The van der Waals surface area contributed by atoms with Crippen molar-refractivity contribution in [1.82, 2.24) is 0 Å². The van der Waals surface area contributed by atoms with Gasteiger partial charge in [0.05, 0.1) is 30.7 Å². The van der Waals surface area contributed by atoms with Gasteiger partial charge in [-0.25, -0.2) is 4.79 Å². The van der Waals surface area contributed by atoms with Crippen LogP contribution in [0.25, 0.3) is 0 Å². The summed E-state index contributed by atoms with van der Waals surface area (Å²) in [5, 5.41) is 8.72. The fourth-order valence-corrected chi connectivity index (χ4v) is 4.22. The molecule has 0 radical (unpaired) electrons. The van der Waals surface area contributed by atoms with E-state index in [2.05, 4.69) is 30.7 Å². The molecule has 6 nitrogen and oxygen atoms in total. The number of carbonyl (C=O) groups is 1. The number of carbonyl (C=O) groups excluding carboxylic acids is 1. The highest BCUT2D eigenvalue weighted by Crippen LogP contribution is 2.25. The van der Waals surface area contributed by atoms with E-state index in [-0.39, 0.29) is 12.1 Å². The van der Waals surface area contributed by atoms with Crippen molar-refractivity contribution in [1.29, 1.82) is 0 Å². The van der Waals surface area contributed by atoms with Gasteiger partial charge in [0.25, 0.3) is 0 Å². The van der Waals surface area contributed by atoms with Gasteiger partial charge in [-0.05, 0) is 87.1 Å². The smallest absolute Gasteiger partial charge is 0.330 e. The third kappa shape index (κ3) is 15.1. The van der Waals surface area contributed by atoms with Crippen LogP contribution in [0.2, 0.25) is 0 Å². The molecule has 1 unspecified atom stereocenters. The summed E-state index contributed by atoms with van der Waals surface area (Å²) in [7, 11) is 0. The number of azo groups is 1. The Labute approximate surface area is 235 Å². The highest BCUT2D eigenvalue weighted by atomic mass is 16.5. The van der Waals surface area contributed by atoms with Crippen molar-refractivity contribution in [3.63, 3.8) is 0 Å². The molecule has 0 aromatic heterocycles. The van der Waals surface area contributed by atoms with Crippen LogP contribution < -0.4 is 9.47 Å². The van der Waals surface area contributed by atoms with Gasteiger partial charge in [0.1, 0.15) is 11.5 Å². The number of hydrogen-bond acceptors (Lipinski definition) is 6. The topological polar surface area (TPSA) is 69.5 Å². The van der Waals surface area contributed by atoms with E-state index in [1.165, 1.54) is 44.6 Å². The second-order valence-corrected chi connectivity index (χ2v) is 9.91. The summed E-state index contributed by atoms with van der Waals surface area (Å²) in [6.45, 7) is 9.03. The molecule has 0 aliphatic rings. The number of ether oxygens (including phenoxy) is 3. The molecule has 0 heterocycles. The fourth-order valence-electron chi connectivity index (χ4n) is 4.22. The van der Waals surface area contributed by atoms with Crippen molar-refractivity contribution >= 4 is 17.3 Å². The summed E-state index contributed by atoms with van der Waals surface area (Å²) in [5.74, 6) is 1.36. The highest BCUT2D eigenvalue weighted by Gasteiger charge is 2.10. The normalized spacial score (nSPS) is 11.8. The Hall–Kier alpha value is -3.15. The van der Waals surface area contributed by atoms with Crippen LogP contribution in [-0.2, 0) is 9.53 Å². The van der Waals surface area contributed by atoms with Gasteiger partial charge in [-0.2, -0.15) is 10.2 Å². The lowest BCUT2D eigenvalue weighted by molar-refractivity contribution is -0.137. The minimum Gasteiger partial charge on any atom is -0.494 e. The van der Waals surface area contributed by atoms with Crippen LogP contribution >= 0.6 is 0 Å². The third-order valence-electron chi connectivity index (χ3n) is 6.47. The van der Waals surface area contributed by atoms with Crippen LogP contribution in [0.4, 0.5) is 11.4 Å². The van der Waals surface area contributed by atoms with Gasteiger partial charge in [0.15, 0.2) is 0 Å². The minimum absolute atomic E-state index is 0.171. The molecule has 0 saturated heterocycles. The van der Waals surface area contributed by atoms with Gasteiger partial charge >= 0.3 is 5.97 Å². The van der Waals surface area contributed by atoms with E-state index < -0.39 is 0 Å². The van der Waals surface area contributed by atoms with Crippen molar-refractivity contribution < 1.29 is 19.0 Å². The van der Waals surface area contributed by atoms with E-state index in [9.17, 15) is 4.79 Å². The zero-order valence-corrected chi connectivity index (χ0v) is 24.1. The maximum Gasteiger partial charge on any atom is 0.330 e. The molecule has 2 aromatic carbocycles. The van der Waals surface area contributed by atoms with E-state index in [1.807, 2.05) is 48.5 Å². The van der Waals surface area contributed by atoms with E-state index in [0.717, 1.165) is 74.4 Å². The quantitative estimate of drug-likeness (QED) is 0.0649. The number of rotatable bonds is 22. The largest absolute Gasteiger partial charge is 0.494 e. The second-order valence-electron chi connectivity index (χ2n) is 9.91. The molecule has 39 heavy (non-hydrogen) atoms. The molecule has 0 spiro atoms. The van der Waals surface area contributed by atoms with E-state index in [1.54, 1.807) is 0 Å². The molecule has 0 aliphatic heterocycles. The van der Waals surface area contributed by atoms with Gasteiger partial charge < -0.3 is 14.2 Å². The molecule has 0 aliphatic carbocycles. The van der Waals surface area contributed by atoms with Crippen LogP contribution in [0.15, 0.2) is 71.4 Å². The molecule has 1 atom stereocenters. The first-order chi connectivity index (χ1) is 19.1. The molecule has 2 aromatic rings. The lowest BCUT2D eigenvalue weighted by Crippen LogP contribution is -2.16. The average molecular weight is 537 g/mol. The first-order valence-corrected chi connectivity index (χ1v) is 14.8. The molecule has 2 rings (SSSR count). The zero-order valence-electron chi connectivity index (χ0n) is 24.1. The Balaban J connectivity index is 1.70. The SMILES string of the molecule is C=CC(=O)OCCCCCC(CCC)Oc1ccc(N=Nc2ccc(OCCCCCCCCC)cc2)cc1. The Kier molecular flexibility index (Phi) is 17.1. The molecule has 0 amide bonds. The molecule has 0 bridgehead atoms. The molecule has 0 fully saturated rings. The van der Waals surface area contributed by atoms with E-state index in [4.69, 9.17) is 14.2 Å². The fraction of sp³-hybridized carbons (Fsp3) is 0.545. The van der Waals surface area contributed by atoms with Gasteiger partial charge in [0.2, 0.25) is 0 Å². The summed E-state index contributed by atoms with van der Waals surface area (Å²) in [5.41, 5.74) is 1.57. The van der Waals surface area contributed by atoms with E-state index >= 15 is 0 Å². The number of benzene rings is 2. The minimum atomic E-state index is -0.359. The van der Waals surface area contributed by atoms with Crippen LogP contribution in [0.3, 0.4) is 0 Å². The molecular weight excluding hydrogens is 488 g/mol. The van der Waals surface area contributed by atoms with E-state index in [0.29, 0.717) is 6.61 Å². The number of unbranched alkanes of at least 4 members (excludes halogenated alkanes) is 8. The number of hydrogen-bond donors (Lipinski definition) is 0. The van der Waals surface area contributed by atoms with Gasteiger partial charge in [0, 0.05) is 6.08 Å². The van der Waals surface area contributed by atoms with Crippen LogP contribution in [0.5, 0.6) is 11.5 Å². The maximum absolute atomic E-state index is 11.1. The zero-order chi connectivity index (χ0) is 28.0. The van der Waals surface area contributed by atoms with Crippen LogP contribution in [0.1, 0.15) is 97.3 Å². The van der Waals surface area contributed by atoms with Crippen molar-refractivity contribution in [2.75, 3.05) is 13.2 Å². The maximum atomic E-state index is 11.1. The summed E-state index contributed by atoms with van der Waals surface area (Å²) < 4.78 is 17.1. The first-order valence-electron chi connectivity index (χ1n) is 14.8.